The fourth-order valence-electron chi connectivity index (χ4n) is 2.55. The summed E-state index contributed by atoms with van der Waals surface area (Å²) in [6.45, 7) is 0. The lowest BCUT2D eigenvalue weighted by atomic mass is 10.0. The van der Waals surface area contributed by atoms with E-state index in [1.807, 2.05) is 60.7 Å². The molecule has 0 radical (unpaired) electrons. The summed E-state index contributed by atoms with van der Waals surface area (Å²) in [7, 11) is 1.62. The monoisotopic (exact) mass is 314 g/mol. The van der Waals surface area contributed by atoms with E-state index in [2.05, 4.69) is 24.3 Å². The van der Waals surface area contributed by atoms with Gasteiger partial charge in [0.05, 0.1) is 7.11 Å². The highest BCUT2D eigenvalue weighted by Gasteiger charge is 2.02. The van der Waals surface area contributed by atoms with E-state index >= 15 is 0 Å². The Balaban J connectivity index is 1.86. The summed E-state index contributed by atoms with van der Waals surface area (Å²) in [6.07, 6.45) is 2.77. The minimum atomic E-state index is 0.644. The van der Waals surface area contributed by atoms with Crippen LogP contribution in [0.15, 0.2) is 78.9 Å². The Hall–Kier alpha value is -3.13. The van der Waals surface area contributed by atoms with Gasteiger partial charge in [-0.05, 0) is 40.5 Å². The van der Waals surface area contributed by atoms with Crippen LogP contribution in [-0.2, 0) is 4.79 Å². The van der Waals surface area contributed by atoms with Gasteiger partial charge in [0.2, 0.25) is 0 Å². The second-order valence-corrected chi connectivity index (χ2v) is 5.43. The molecule has 3 rings (SSSR count). The zero-order valence-electron chi connectivity index (χ0n) is 13.5. The number of methoxy groups -OCH3 is 1. The Bertz CT molecular complexity index is 829. The van der Waals surface area contributed by atoms with Crippen molar-refractivity contribution in [3.8, 4) is 16.9 Å². The third-order valence-electron chi connectivity index (χ3n) is 3.89. The Morgan fingerprint density at radius 2 is 1.42 bits per heavy atom. The molecule has 0 atom stereocenters. The molecule has 0 aliphatic carbocycles. The van der Waals surface area contributed by atoms with Gasteiger partial charge >= 0.3 is 0 Å². The molecule has 118 valence electrons. The van der Waals surface area contributed by atoms with E-state index in [-0.39, 0.29) is 0 Å². The van der Waals surface area contributed by atoms with Gasteiger partial charge in [0.1, 0.15) is 5.75 Å². The normalized spacial score (nSPS) is 11.1. The van der Waals surface area contributed by atoms with Crippen molar-refractivity contribution in [2.45, 2.75) is 0 Å². The molecule has 0 amide bonds. The number of benzene rings is 3. The Morgan fingerprint density at radius 3 is 2.00 bits per heavy atom. The number of hydrogen-bond acceptors (Lipinski definition) is 2. The third kappa shape index (κ3) is 3.61. The molecule has 3 aromatic rings. The van der Waals surface area contributed by atoms with E-state index in [9.17, 15) is 4.79 Å². The molecule has 2 nitrogen and oxygen atoms in total. The van der Waals surface area contributed by atoms with Crippen LogP contribution in [0.25, 0.3) is 22.8 Å². The number of carbonyl (C=O) groups is 1. The van der Waals surface area contributed by atoms with E-state index in [0.717, 1.165) is 28.7 Å². The van der Waals surface area contributed by atoms with Gasteiger partial charge in [-0.2, -0.15) is 0 Å². The molecule has 24 heavy (non-hydrogen) atoms. The Morgan fingerprint density at radius 1 is 0.792 bits per heavy atom. The van der Waals surface area contributed by atoms with Crippen molar-refractivity contribution in [2.24, 2.45) is 0 Å². The van der Waals surface area contributed by atoms with Crippen molar-refractivity contribution in [2.75, 3.05) is 7.11 Å². The number of aldehydes is 1. The maximum atomic E-state index is 11.5. The molecule has 0 N–H and O–H groups in total. The van der Waals surface area contributed by atoms with E-state index in [4.69, 9.17) is 4.74 Å². The van der Waals surface area contributed by atoms with Gasteiger partial charge in [0.15, 0.2) is 6.29 Å². The Kier molecular flexibility index (Phi) is 4.87. The predicted octanol–water partition coefficient (Wildman–Crippen LogP) is 5.10. The van der Waals surface area contributed by atoms with Crippen LogP contribution in [0.4, 0.5) is 0 Å². The van der Waals surface area contributed by atoms with Crippen molar-refractivity contribution in [1.82, 2.24) is 0 Å². The highest BCUT2D eigenvalue weighted by molar-refractivity contribution is 6.13. The highest BCUT2D eigenvalue weighted by Crippen LogP contribution is 2.23. The maximum absolute atomic E-state index is 11.5. The molecule has 0 fully saturated rings. The molecular formula is C22H18O2. The molecule has 0 aliphatic heterocycles. The van der Waals surface area contributed by atoms with Crippen LogP contribution >= 0.6 is 0 Å². The number of rotatable bonds is 5. The second-order valence-electron chi connectivity index (χ2n) is 5.43. The largest absolute Gasteiger partial charge is 0.497 e. The summed E-state index contributed by atoms with van der Waals surface area (Å²) in [6, 6.07) is 25.9. The quantitative estimate of drug-likeness (QED) is 0.372. The van der Waals surface area contributed by atoms with Crippen LogP contribution < -0.4 is 4.74 Å². The first-order chi connectivity index (χ1) is 11.8. The summed E-state index contributed by atoms with van der Waals surface area (Å²) in [5, 5.41) is 0. The first-order valence-electron chi connectivity index (χ1n) is 7.77. The SMILES string of the molecule is COc1ccc(/C(C=O)=C\c2ccc(-c3ccccc3)cc2)cc1. The second kappa shape index (κ2) is 7.42. The summed E-state index contributed by atoms with van der Waals surface area (Å²) in [5.74, 6) is 0.774. The minimum absolute atomic E-state index is 0.644. The zero-order valence-corrected chi connectivity index (χ0v) is 13.5. The van der Waals surface area contributed by atoms with Gasteiger partial charge < -0.3 is 4.74 Å². The molecule has 3 aromatic carbocycles. The lowest BCUT2D eigenvalue weighted by molar-refractivity contribution is -0.103. The predicted molar refractivity (Wildman–Crippen MR) is 98.8 cm³/mol. The number of allylic oxidation sites excluding steroid dienone is 1. The van der Waals surface area contributed by atoms with Crippen LogP contribution in [0.3, 0.4) is 0 Å². The maximum Gasteiger partial charge on any atom is 0.150 e. The van der Waals surface area contributed by atoms with Gasteiger partial charge in [-0.15, -0.1) is 0 Å². The van der Waals surface area contributed by atoms with Crippen molar-refractivity contribution in [3.63, 3.8) is 0 Å². The lowest BCUT2D eigenvalue weighted by Gasteiger charge is -2.05. The molecule has 0 saturated carbocycles. The molecule has 0 heterocycles. The fourth-order valence-corrected chi connectivity index (χ4v) is 2.55. The number of hydrogen-bond donors (Lipinski definition) is 0. The highest BCUT2D eigenvalue weighted by atomic mass is 16.5. The standard InChI is InChI=1S/C22H18O2/c1-24-22-13-11-20(12-14-22)21(16-23)15-17-7-9-19(10-8-17)18-5-3-2-4-6-18/h2-16H,1H3/b21-15-. The zero-order chi connectivity index (χ0) is 16.8. The lowest BCUT2D eigenvalue weighted by Crippen LogP contribution is -1.88. The fraction of sp³-hybridized carbons (Fsp3) is 0.0455. The topological polar surface area (TPSA) is 26.3 Å². The minimum Gasteiger partial charge on any atom is -0.497 e. The molecule has 0 unspecified atom stereocenters. The molecule has 0 spiro atoms. The summed E-state index contributed by atoms with van der Waals surface area (Å²) < 4.78 is 5.15. The molecule has 0 bridgehead atoms. The van der Waals surface area contributed by atoms with Gasteiger partial charge in [-0.25, -0.2) is 0 Å². The van der Waals surface area contributed by atoms with Gasteiger partial charge in [-0.3, -0.25) is 4.79 Å². The first kappa shape index (κ1) is 15.8. The smallest absolute Gasteiger partial charge is 0.150 e. The molecule has 0 aromatic heterocycles. The van der Waals surface area contributed by atoms with E-state index in [0.29, 0.717) is 5.57 Å². The van der Waals surface area contributed by atoms with Crippen molar-refractivity contribution < 1.29 is 9.53 Å². The van der Waals surface area contributed by atoms with Gasteiger partial charge in [-0.1, -0.05) is 66.7 Å². The van der Waals surface area contributed by atoms with E-state index in [1.54, 1.807) is 7.11 Å². The third-order valence-corrected chi connectivity index (χ3v) is 3.89. The average Bonchev–Trinajstić information content (AvgIpc) is 2.67. The Labute approximate surface area is 142 Å². The van der Waals surface area contributed by atoms with Crippen molar-refractivity contribution in [1.29, 1.82) is 0 Å². The molecule has 2 heteroatoms. The van der Waals surface area contributed by atoms with Crippen LogP contribution in [0, 0.1) is 0 Å². The van der Waals surface area contributed by atoms with Crippen LogP contribution in [0.1, 0.15) is 11.1 Å². The number of ether oxygens (including phenoxy) is 1. The first-order valence-corrected chi connectivity index (χ1v) is 7.77. The van der Waals surface area contributed by atoms with Gasteiger partial charge in [0.25, 0.3) is 0 Å². The summed E-state index contributed by atoms with van der Waals surface area (Å²) >= 11 is 0. The summed E-state index contributed by atoms with van der Waals surface area (Å²) in [5.41, 5.74) is 4.85. The summed E-state index contributed by atoms with van der Waals surface area (Å²) in [4.78, 5) is 11.5. The molecular weight excluding hydrogens is 296 g/mol. The van der Waals surface area contributed by atoms with E-state index in [1.165, 1.54) is 5.56 Å². The molecule has 0 aliphatic rings. The van der Waals surface area contributed by atoms with Crippen LogP contribution in [0.2, 0.25) is 0 Å². The number of carbonyl (C=O) groups excluding carboxylic acids is 1. The van der Waals surface area contributed by atoms with Crippen LogP contribution in [-0.4, -0.2) is 13.4 Å². The van der Waals surface area contributed by atoms with Crippen molar-refractivity contribution in [3.05, 3.63) is 90.0 Å². The average molecular weight is 314 g/mol. The van der Waals surface area contributed by atoms with Crippen molar-refractivity contribution >= 4 is 17.9 Å². The van der Waals surface area contributed by atoms with Crippen LogP contribution in [0.5, 0.6) is 5.75 Å². The van der Waals surface area contributed by atoms with Gasteiger partial charge in [0, 0.05) is 5.57 Å². The van der Waals surface area contributed by atoms with E-state index < -0.39 is 0 Å². The molecule has 0 saturated heterocycles.